The van der Waals surface area contributed by atoms with Crippen LogP contribution in [0.4, 0.5) is 17.3 Å². The second-order valence-corrected chi connectivity index (χ2v) is 17.7. The summed E-state index contributed by atoms with van der Waals surface area (Å²) in [5, 5.41) is 23.4. The number of ether oxygens (including phenoxy) is 1. The van der Waals surface area contributed by atoms with Crippen LogP contribution in [0, 0.1) is 11.3 Å². The van der Waals surface area contributed by atoms with Crippen molar-refractivity contribution in [1.29, 1.82) is 5.26 Å². The number of hydrogen-bond acceptors (Lipinski definition) is 12. The number of benzene rings is 2. The third-order valence-electron chi connectivity index (χ3n) is 12.8. The molecule has 2 unspecified atom stereocenters. The van der Waals surface area contributed by atoms with E-state index in [0.29, 0.717) is 43.5 Å². The van der Waals surface area contributed by atoms with Gasteiger partial charge < -0.3 is 25.3 Å². The number of H-pyrrole nitrogens is 1. The highest BCUT2D eigenvalue weighted by atomic mass is 16.5. The van der Waals surface area contributed by atoms with Crippen molar-refractivity contribution in [2.75, 3.05) is 36.9 Å². The lowest BCUT2D eigenvalue weighted by molar-refractivity contribution is -0.136. The molecule has 2 aromatic carbocycles. The summed E-state index contributed by atoms with van der Waals surface area (Å²) < 4.78 is 8.36. The van der Waals surface area contributed by atoms with Gasteiger partial charge in [0.2, 0.25) is 17.8 Å². The first-order chi connectivity index (χ1) is 30.3. The quantitative estimate of drug-likeness (QED) is 0.0705. The molecule has 2 fully saturated rings. The average Bonchev–Trinajstić information content (AvgIpc) is 4.01. The summed E-state index contributed by atoms with van der Waals surface area (Å²) in [6.45, 7) is 12.4. The minimum Gasteiger partial charge on any atom is -0.379 e. The van der Waals surface area contributed by atoms with Gasteiger partial charge in [-0.25, -0.2) is 4.98 Å². The van der Waals surface area contributed by atoms with Crippen molar-refractivity contribution < 1.29 is 23.9 Å². The van der Waals surface area contributed by atoms with Crippen molar-refractivity contribution in [3.8, 4) is 17.3 Å². The van der Waals surface area contributed by atoms with E-state index in [9.17, 15) is 19.2 Å². The number of aromatic nitrogens is 5. The molecular weight excluding hydrogens is 799 g/mol. The molecule has 8 rings (SSSR count). The van der Waals surface area contributed by atoms with Gasteiger partial charge >= 0.3 is 0 Å². The third-order valence-corrected chi connectivity index (χ3v) is 12.8. The Hall–Kier alpha value is -6.44. The lowest BCUT2D eigenvalue weighted by atomic mass is 9.89. The number of fused-ring (bicyclic) bond motifs is 2. The fourth-order valence-electron chi connectivity index (χ4n) is 8.79. The number of nitriles is 1. The zero-order valence-electron chi connectivity index (χ0n) is 36.4. The topological polar surface area (TPSA) is 203 Å². The minimum atomic E-state index is -1.01. The van der Waals surface area contributed by atoms with E-state index in [1.807, 2.05) is 32.3 Å². The Labute approximate surface area is 366 Å². The number of nitrogens with one attached hydrogen (secondary N) is 4. The molecule has 3 aliphatic heterocycles. The molecule has 3 aliphatic rings. The van der Waals surface area contributed by atoms with Crippen molar-refractivity contribution in [3.63, 3.8) is 0 Å². The van der Waals surface area contributed by atoms with Gasteiger partial charge in [-0.05, 0) is 114 Å². The minimum absolute atomic E-state index is 0.0713. The van der Waals surface area contributed by atoms with Gasteiger partial charge in [-0.1, -0.05) is 25.1 Å². The number of amides is 4. The summed E-state index contributed by atoms with van der Waals surface area (Å²) in [7, 11) is 0. The second kappa shape index (κ2) is 18.1. The Morgan fingerprint density at radius 1 is 0.952 bits per heavy atom. The fraction of sp³-hybridized carbons (Fsp3) is 0.447. The second-order valence-electron chi connectivity index (χ2n) is 17.7. The highest BCUT2D eigenvalue weighted by molar-refractivity contribution is 6.25. The molecule has 6 heterocycles. The zero-order chi connectivity index (χ0) is 44.3. The van der Waals surface area contributed by atoms with E-state index in [-0.39, 0.29) is 29.6 Å². The number of imide groups is 2. The Bertz CT molecular complexity index is 2550. The smallest absolute Gasteiger partial charge is 0.264 e. The summed E-state index contributed by atoms with van der Waals surface area (Å²) in [4.78, 5) is 67.6. The standard InChI is InChI=1S/C47H55N11O5/c1-5-47(4,63-27-20-46(2,3)55-36-9-6-8-34-39(36)44(62)58(43(34)61)37-14-15-38(59)52-42(37)60)19-26-56-24-17-31(18-25-56)30-10-12-33(13-11-30)51-45-53-40(35-16-22-49-41(35)54-45)32-28-50-57(29-32)23-7-21-48/h6,8-13,16,22,28-29,31,37,55H,5,7,14-15,17-20,23-27H2,1-4H3,(H,52,59,60)(H2,49,51,53,54). The Morgan fingerprint density at radius 3 is 2.49 bits per heavy atom. The average molecular weight is 854 g/mol. The number of aromatic amines is 1. The lowest BCUT2D eigenvalue weighted by Crippen LogP contribution is -2.54. The molecule has 0 bridgehead atoms. The van der Waals surface area contributed by atoms with Crippen molar-refractivity contribution in [3.05, 3.63) is 83.8 Å². The molecule has 5 aromatic rings. The van der Waals surface area contributed by atoms with Crippen LogP contribution in [0.15, 0.2) is 67.1 Å². The summed E-state index contributed by atoms with van der Waals surface area (Å²) in [5.74, 6) is -1.12. The molecule has 63 heavy (non-hydrogen) atoms. The molecule has 0 spiro atoms. The van der Waals surface area contributed by atoms with E-state index in [1.165, 1.54) is 5.56 Å². The number of carbonyl (C=O) groups excluding carboxylic acids is 4. The maximum Gasteiger partial charge on any atom is 0.264 e. The van der Waals surface area contributed by atoms with Gasteiger partial charge in [0.25, 0.3) is 11.8 Å². The van der Waals surface area contributed by atoms with Crippen LogP contribution in [0.5, 0.6) is 0 Å². The van der Waals surface area contributed by atoms with E-state index in [2.05, 4.69) is 75.1 Å². The normalized spacial score (nSPS) is 18.3. The highest BCUT2D eigenvalue weighted by Gasteiger charge is 2.46. The highest BCUT2D eigenvalue weighted by Crippen LogP contribution is 2.35. The van der Waals surface area contributed by atoms with Crippen molar-refractivity contribution in [1.82, 2.24) is 39.8 Å². The van der Waals surface area contributed by atoms with Crippen LogP contribution in [0.25, 0.3) is 22.3 Å². The van der Waals surface area contributed by atoms with E-state index in [1.54, 1.807) is 29.1 Å². The molecule has 328 valence electrons. The number of nitrogens with zero attached hydrogens (tertiary/aromatic N) is 7. The molecule has 0 saturated carbocycles. The number of aryl methyl sites for hydroxylation is 1. The van der Waals surface area contributed by atoms with Crippen LogP contribution in [-0.2, 0) is 20.9 Å². The van der Waals surface area contributed by atoms with E-state index >= 15 is 0 Å². The number of likely N-dealkylation sites (tertiary alicyclic amines) is 1. The SMILES string of the molecule is CCC(C)(CCN1CCC(c2ccc(Nc3nc(-c4cnn(CCC#N)c4)c4cc[nH]c4n3)cc2)CC1)OCCC(C)(C)Nc1cccc2c1C(=O)N(C1CCC(=O)NC1=O)C2=O. The number of carbonyl (C=O) groups is 4. The van der Waals surface area contributed by atoms with E-state index < -0.39 is 35.2 Å². The van der Waals surface area contributed by atoms with Gasteiger partial charge in [0, 0.05) is 59.8 Å². The third kappa shape index (κ3) is 9.50. The van der Waals surface area contributed by atoms with Crippen LogP contribution in [0.1, 0.15) is 111 Å². The number of piperidine rings is 2. The zero-order valence-corrected chi connectivity index (χ0v) is 36.4. The number of rotatable bonds is 17. The molecule has 0 aliphatic carbocycles. The van der Waals surface area contributed by atoms with Crippen LogP contribution in [0.3, 0.4) is 0 Å². The van der Waals surface area contributed by atoms with Crippen LogP contribution in [0.2, 0.25) is 0 Å². The van der Waals surface area contributed by atoms with Crippen LogP contribution >= 0.6 is 0 Å². The largest absolute Gasteiger partial charge is 0.379 e. The molecular formula is C47H55N11O5. The maximum absolute atomic E-state index is 13.6. The van der Waals surface area contributed by atoms with Crippen LogP contribution in [-0.4, -0.2) is 102 Å². The first-order valence-corrected chi connectivity index (χ1v) is 21.9. The van der Waals surface area contributed by atoms with Gasteiger partial charge in [-0.2, -0.15) is 15.3 Å². The number of anilines is 3. The lowest BCUT2D eigenvalue weighted by Gasteiger charge is -2.36. The predicted molar refractivity (Wildman–Crippen MR) is 238 cm³/mol. The Balaban J connectivity index is 0.802. The van der Waals surface area contributed by atoms with Crippen LogP contribution < -0.4 is 16.0 Å². The van der Waals surface area contributed by atoms with Gasteiger partial charge in [0.15, 0.2) is 0 Å². The first-order valence-electron chi connectivity index (χ1n) is 21.9. The fourth-order valence-corrected chi connectivity index (χ4v) is 8.79. The summed E-state index contributed by atoms with van der Waals surface area (Å²) in [6, 6.07) is 16.8. The Kier molecular flexibility index (Phi) is 12.4. The van der Waals surface area contributed by atoms with Crippen molar-refractivity contribution >= 4 is 52.0 Å². The molecule has 4 N–H and O–H groups in total. The molecule has 0 radical (unpaired) electrons. The predicted octanol–water partition coefficient (Wildman–Crippen LogP) is 6.92. The van der Waals surface area contributed by atoms with E-state index in [4.69, 9.17) is 20.0 Å². The molecule has 4 amide bonds. The summed E-state index contributed by atoms with van der Waals surface area (Å²) >= 11 is 0. The monoisotopic (exact) mass is 853 g/mol. The maximum atomic E-state index is 13.6. The molecule has 3 aromatic heterocycles. The van der Waals surface area contributed by atoms with Gasteiger partial charge in [0.05, 0.1) is 47.7 Å². The van der Waals surface area contributed by atoms with Crippen molar-refractivity contribution in [2.24, 2.45) is 0 Å². The molecule has 2 saturated heterocycles. The summed E-state index contributed by atoms with van der Waals surface area (Å²) in [5.41, 5.74) is 4.85. The van der Waals surface area contributed by atoms with Gasteiger partial charge in [-0.3, -0.25) is 34.1 Å². The van der Waals surface area contributed by atoms with Gasteiger partial charge in [-0.15, -0.1) is 0 Å². The first kappa shape index (κ1) is 43.2. The molecule has 16 heteroatoms. The van der Waals surface area contributed by atoms with Crippen molar-refractivity contribution in [2.45, 2.75) is 109 Å². The number of hydrogen-bond donors (Lipinski definition) is 4. The molecule has 16 nitrogen and oxygen atoms in total. The summed E-state index contributed by atoms with van der Waals surface area (Å²) in [6.07, 6.45) is 10.7. The van der Waals surface area contributed by atoms with Gasteiger partial charge in [0.1, 0.15) is 11.7 Å². The molecule has 2 atom stereocenters. The van der Waals surface area contributed by atoms with E-state index in [0.717, 1.165) is 78.2 Å². The Morgan fingerprint density at radius 2 is 1.75 bits per heavy atom.